The summed E-state index contributed by atoms with van der Waals surface area (Å²) >= 11 is 0. The summed E-state index contributed by atoms with van der Waals surface area (Å²) < 4.78 is 18.5. The molecule has 3 aromatic rings. The molecule has 4 rings (SSSR count). The van der Waals surface area contributed by atoms with Crippen molar-refractivity contribution in [1.29, 1.82) is 0 Å². The smallest absolute Gasteiger partial charge is 0.415 e. The lowest BCUT2D eigenvalue weighted by atomic mass is 10.1. The van der Waals surface area contributed by atoms with Gasteiger partial charge < -0.3 is 24.2 Å². The first-order valence-electron chi connectivity index (χ1n) is 11.3. The molecule has 0 unspecified atom stereocenters. The third-order valence-corrected chi connectivity index (χ3v) is 5.61. The fraction of sp³-hybridized carbons (Fsp3) is 0.375. The number of nitrogens with zero attached hydrogens (tertiary/aromatic N) is 5. The average molecular weight is 482 g/mol. The maximum atomic E-state index is 12.6. The number of tetrazole rings is 1. The first kappa shape index (κ1) is 24.0. The topological polar surface area (TPSA) is 129 Å². The summed E-state index contributed by atoms with van der Waals surface area (Å²) in [6, 6.07) is 14.7. The second kappa shape index (κ2) is 11.3. The number of benzene rings is 2. The van der Waals surface area contributed by atoms with Crippen molar-refractivity contribution in [3.63, 3.8) is 0 Å². The maximum Gasteiger partial charge on any atom is 0.415 e. The van der Waals surface area contributed by atoms with Crippen LogP contribution in [0.15, 0.2) is 48.5 Å². The molecule has 11 nitrogen and oxygen atoms in total. The molecule has 0 radical (unpaired) electrons. The molecule has 35 heavy (non-hydrogen) atoms. The van der Waals surface area contributed by atoms with Crippen molar-refractivity contribution in [2.24, 2.45) is 7.05 Å². The van der Waals surface area contributed by atoms with Crippen LogP contribution in [0.3, 0.4) is 0 Å². The van der Waals surface area contributed by atoms with Gasteiger partial charge in [-0.25, -0.2) is 4.79 Å². The minimum atomic E-state index is -0.865. The first-order valence-corrected chi connectivity index (χ1v) is 11.3. The quantitative estimate of drug-likeness (QED) is 0.490. The highest BCUT2D eigenvalue weighted by Crippen LogP contribution is 2.21. The number of amides is 1. The Morgan fingerprint density at radius 3 is 2.29 bits per heavy atom. The van der Waals surface area contributed by atoms with Crippen LogP contribution in [-0.2, 0) is 24.7 Å². The molecule has 2 heterocycles. The zero-order valence-electron chi connectivity index (χ0n) is 19.4. The van der Waals surface area contributed by atoms with E-state index in [4.69, 9.17) is 19.3 Å². The van der Waals surface area contributed by atoms with E-state index in [0.29, 0.717) is 56.5 Å². The van der Waals surface area contributed by atoms with Crippen LogP contribution in [0.2, 0.25) is 0 Å². The van der Waals surface area contributed by atoms with E-state index in [1.807, 2.05) is 12.1 Å². The Bertz CT molecular complexity index is 1120. The van der Waals surface area contributed by atoms with E-state index in [9.17, 15) is 9.59 Å². The Morgan fingerprint density at radius 2 is 1.66 bits per heavy atom. The monoisotopic (exact) mass is 481 g/mol. The lowest BCUT2D eigenvalue weighted by molar-refractivity contribution is -0.136. The van der Waals surface area contributed by atoms with Gasteiger partial charge in [-0.2, -0.15) is 4.68 Å². The number of likely N-dealkylation sites (tertiary alicyclic amines) is 1. The summed E-state index contributed by atoms with van der Waals surface area (Å²) in [7, 11) is 1.71. The molecule has 11 heteroatoms. The Labute approximate surface area is 202 Å². The van der Waals surface area contributed by atoms with E-state index < -0.39 is 5.97 Å². The number of aliphatic carboxylic acids is 1. The molecule has 1 aliphatic rings. The predicted octanol–water partition coefficient (Wildman–Crippen LogP) is 2.50. The fourth-order valence-corrected chi connectivity index (χ4v) is 3.70. The second-order valence-electron chi connectivity index (χ2n) is 8.21. The highest BCUT2D eigenvalue weighted by molar-refractivity contribution is 5.71. The minimum Gasteiger partial charge on any atom is -0.490 e. The van der Waals surface area contributed by atoms with Crippen LogP contribution in [0, 0.1) is 0 Å². The maximum absolute atomic E-state index is 12.6. The summed E-state index contributed by atoms with van der Waals surface area (Å²) in [6.07, 6.45) is 1.63. The molecule has 1 saturated heterocycles. The summed E-state index contributed by atoms with van der Waals surface area (Å²) in [6.45, 7) is 1.50. The lowest BCUT2D eigenvalue weighted by Gasteiger charge is -2.31. The summed E-state index contributed by atoms with van der Waals surface area (Å²) in [5.41, 5.74) is 1.76. The minimum absolute atomic E-state index is 0.0109. The molecule has 1 fully saturated rings. The molecule has 0 bridgehead atoms. The number of carboxylic acid groups (broad SMARTS) is 1. The third-order valence-electron chi connectivity index (χ3n) is 5.61. The van der Waals surface area contributed by atoms with Crippen molar-refractivity contribution in [3.05, 3.63) is 59.7 Å². The Morgan fingerprint density at radius 1 is 1.00 bits per heavy atom. The number of carbonyl (C=O) groups excluding carboxylic acids is 1. The molecule has 1 amide bonds. The molecule has 1 aliphatic heterocycles. The standard InChI is InChI=1S/C24H27N5O6/c1-28-23(25-26-27-28)33-15-12-17-2-6-20(7-3-17)35-24(32)29-13-10-21(11-14-29)34-19-8-4-18(5-9-19)16-22(30)31/h2-9,21H,10-16H2,1H3,(H,30,31). The molecule has 0 atom stereocenters. The Kier molecular flexibility index (Phi) is 7.76. The van der Waals surface area contributed by atoms with Gasteiger partial charge in [-0.05, 0) is 45.8 Å². The van der Waals surface area contributed by atoms with Crippen molar-refractivity contribution in [1.82, 2.24) is 25.1 Å². The number of hydrogen-bond acceptors (Lipinski definition) is 8. The molecule has 2 aromatic carbocycles. The van der Waals surface area contributed by atoms with Gasteiger partial charge in [-0.15, -0.1) is 0 Å². The number of carbonyl (C=O) groups is 2. The SMILES string of the molecule is Cn1nnnc1OCCc1ccc(OC(=O)N2CCC(Oc3ccc(CC(=O)O)cc3)CC2)cc1. The van der Waals surface area contributed by atoms with E-state index >= 15 is 0 Å². The van der Waals surface area contributed by atoms with Gasteiger partial charge in [0.25, 0.3) is 0 Å². The third kappa shape index (κ3) is 6.92. The number of aromatic nitrogens is 4. The number of ether oxygens (including phenoxy) is 3. The lowest BCUT2D eigenvalue weighted by Crippen LogP contribution is -2.43. The normalized spacial score (nSPS) is 13.9. The van der Waals surface area contributed by atoms with E-state index in [0.717, 1.165) is 11.1 Å². The average Bonchev–Trinajstić information content (AvgIpc) is 3.26. The van der Waals surface area contributed by atoms with Crippen molar-refractivity contribution in [3.8, 4) is 17.5 Å². The molecule has 184 valence electrons. The van der Waals surface area contributed by atoms with Crippen LogP contribution in [0.5, 0.6) is 17.5 Å². The van der Waals surface area contributed by atoms with Gasteiger partial charge in [0.15, 0.2) is 0 Å². The van der Waals surface area contributed by atoms with Gasteiger partial charge in [0.05, 0.1) is 13.0 Å². The molecule has 1 N–H and O–H groups in total. The number of piperidine rings is 1. The van der Waals surface area contributed by atoms with Crippen molar-refractivity contribution < 1.29 is 28.9 Å². The van der Waals surface area contributed by atoms with Crippen LogP contribution >= 0.6 is 0 Å². The van der Waals surface area contributed by atoms with Crippen LogP contribution in [0.25, 0.3) is 0 Å². The van der Waals surface area contributed by atoms with Crippen LogP contribution in [-0.4, -0.2) is 68.1 Å². The summed E-state index contributed by atoms with van der Waals surface area (Å²) in [5.74, 6) is 0.312. The van der Waals surface area contributed by atoms with Crippen molar-refractivity contribution >= 4 is 12.1 Å². The highest BCUT2D eigenvalue weighted by atomic mass is 16.6. The predicted molar refractivity (Wildman–Crippen MR) is 123 cm³/mol. The van der Waals surface area contributed by atoms with Crippen LogP contribution in [0.4, 0.5) is 4.79 Å². The number of hydrogen-bond donors (Lipinski definition) is 1. The largest absolute Gasteiger partial charge is 0.490 e. The van der Waals surface area contributed by atoms with Gasteiger partial charge in [-0.3, -0.25) is 4.79 Å². The molecule has 0 aliphatic carbocycles. The van der Waals surface area contributed by atoms with E-state index in [2.05, 4.69) is 15.5 Å². The number of carboxylic acids is 1. The fourth-order valence-electron chi connectivity index (χ4n) is 3.70. The number of rotatable bonds is 9. The second-order valence-corrected chi connectivity index (χ2v) is 8.21. The highest BCUT2D eigenvalue weighted by Gasteiger charge is 2.25. The van der Waals surface area contributed by atoms with Gasteiger partial charge in [0, 0.05) is 39.4 Å². The molecule has 0 saturated carbocycles. The molecule has 0 spiro atoms. The molecule has 1 aromatic heterocycles. The Balaban J connectivity index is 1.18. The number of aryl methyl sites for hydroxylation is 1. The summed E-state index contributed by atoms with van der Waals surface area (Å²) in [4.78, 5) is 25.0. The van der Waals surface area contributed by atoms with Gasteiger partial charge in [0.1, 0.15) is 17.6 Å². The van der Waals surface area contributed by atoms with Gasteiger partial charge in [0.2, 0.25) is 0 Å². The van der Waals surface area contributed by atoms with E-state index in [-0.39, 0.29) is 18.6 Å². The zero-order chi connectivity index (χ0) is 24.6. The van der Waals surface area contributed by atoms with Gasteiger partial charge in [-0.1, -0.05) is 29.4 Å². The van der Waals surface area contributed by atoms with Crippen LogP contribution in [0.1, 0.15) is 24.0 Å². The van der Waals surface area contributed by atoms with Crippen LogP contribution < -0.4 is 14.2 Å². The van der Waals surface area contributed by atoms with Crippen molar-refractivity contribution in [2.75, 3.05) is 19.7 Å². The molecular formula is C24H27N5O6. The van der Waals surface area contributed by atoms with E-state index in [1.54, 1.807) is 48.3 Å². The van der Waals surface area contributed by atoms with Crippen molar-refractivity contribution in [2.45, 2.75) is 31.8 Å². The molecular weight excluding hydrogens is 454 g/mol. The zero-order valence-corrected chi connectivity index (χ0v) is 19.4. The van der Waals surface area contributed by atoms with Gasteiger partial charge >= 0.3 is 18.1 Å². The van der Waals surface area contributed by atoms with E-state index in [1.165, 1.54) is 4.68 Å². The Hall–Kier alpha value is -4.15. The first-order chi connectivity index (χ1) is 17.0. The summed E-state index contributed by atoms with van der Waals surface area (Å²) in [5, 5.41) is 19.9.